The summed E-state index contributed by atoms with van der Waals surface area (Å²) in [5, 5.41) is 16.6. The highest BCUT2D eigenvalue weighted by Gasteiger charge is 2.31. The van der Waals surface area contributed by atoms with Crippen molar-refractivity contribution in [2.24, 2.45) is 33.8 Å². The smallest absolute Gasteiger partial charge is 0.326 e. The quantitative estimate of drug-likeness (QED) is 0.0556. The molecule has 15 heteroatoms. The molecule has 0 heterocycles. The second kappa shape index (κ2) is 16.5. The van der Waals surface area contributed by atoms with Gasteiger partial charge in [0.15, 0.2) is 5.96 Å². The first-order chi connectivity index (χ1) is 16.3. The van der Waals surface area contributed by atoms with Crippen molar-refractivity contribution < 1.29 is 29.1 Å². The van der Waals surface area contributed by atoms with E-state index in [1.54, 1.807) is 13.8 Å². The first kappa shape index (κ1) is 31.9. The first-order valence-electron chi connectivity index (χ1n) is 11.0. The molecule has 0 aliphatic carbocycles. The summed E-state index contributed by atoms with van der Waals surface area (Å²) in [5.41, 5.74) is 21.6. The minimum Gasteiger partial charge on any atom is -0.480 e. The SMILES string of the molecule is CSCCC(N)C(=O)NC(CC(N)=O)C(=O)NC(CCCN=C(N)N)C(=O)NC(C(=O)O)C(C)C. The summed E-state index contributed by atoms with van der Waals surface area (Å²) in [6, 6.07) is -4.69. The Hall–Kier alpha value is -3.07. The highest BCUT2D eigenvalue weighted by Crippen LogP contribution is 2.06. The van der Waals surface area contributed by atoms with Crippen LogP contribution in [-0.4, -0.2) is 83.4 Å². The zero-order chi connectivity index (χ0) is 27.1. The number of nitrogens with zero attached hydrogens (tertiary/aromatic N) is 1. The normalized spacial score (nSPS) is 14.2. The van der Waals surface area contributed by atoms with E-state index in [9.17, 15) is 29.1 Å². The molecule has 0 radical (unpaired) electrons. The Morgan fingerprint density at radius 3 is 1.97 bits per heavy atom. The summed E-state index contributed by atoms with van der Waals surface area (Å²) < 4.78 is 0. The van der Waals surface area contributed by atoms with Crippen LogP contribution in [0, 0.1) is 5.92 Å². The summed E-state index contributed by atoms with van der Waals surface area (Å²) in [7, 11) is 0. The molecule has 0 aromatic rings. The van der Waals surface area contributed by atoms with Crippen LogP contribution in [0.25, 0.3) is 0 Å². The molecular formula is C20H38N8O6S. The van der Waals surface area contributed by atoms with Crippen molar-refractivity contribution in [3.63, 3.8) is 0 Å². The maximum atomic E-state index is 12.9. The van der Waals surface area contributed by atoms with Crippen LogP contribution in [0.5, 0.6) is 0 Å². The molecule has 0 aliphatic rings. The van der Waals surface area contributed by atoms with E-state index in [2.05, 4.69) is 20.9 Å². The molecular weight excluding hydrogens is 480 g/mol. The zero-order valence-corrected chi connectivity index (χ0v) is 21.1. The molecule has 0 aromatic heterocycles. The lowest BCUT2D eigenvalue weighted by Crippen LogP contribution is -2.58. The largest absolute Gasteiger partial charge is 0.480 e. The van der Waals surface area contributed by atoms with Crippen LogP contribution in [0.2, 0.25) is 0 Å². The van der Waals surface area contributed by atoms with Gasteiger partial charge in [0.05, 0.1) is 12.5 Å². The van der Waals surface area contributed by atoms with E-state index in [0.717, 1.165) is 0 Å². The Labute approximate surface area is 208 Å². The van der Waals surface area contributed by atoms with Gasteiger partial charge in [-0.1, -0.05) is 13.8 Å². The highest BCUT2D eigenvalue weighted by molar-refractivity contribution is 7.98. The van der Waals surface area contributed by atoms with E-state index < -0.39 is 66.1 Å². The number of guanidine groups is 1. The summed E-state index contributed by atoms with van der Waals surface area (Å²) in [4.78, 5) is 64.9. The minimum absolute atomic E-state index is 0.0449. The number of carboxylic acids is 1. The molecule has 4 amide bonds. The average molecular weight is 519 g/mol. The Morgan fingerprint density at radius 1 is 0.914 bits per heavy atom. The van der Waals surface area contributed by atoms with Gasteiger partial charge in [0.25, 0.3) is 0 Å². The lowest BCUT2D eigenvalue weighted by Gasteiger charge is -2.25. The van der Waals surface area contributed by atoms with Gasteiger partial charge >= 0.3 is 5.97 Å². The number of aliphatic imine (C=N–C) groups is 1. The van der Waals surface area contributed by atoms with E-state index in [1.165, 1.54) is 11.8 Å². The van der Waals surface area contributed by atoms with Crippen molar-refractivity contribution in [1.29, 1.82) is 0 Å². The third-order valence-electron chi connectivity index (χ3n) is 4.82. The number of carbonyl (C=O) groups is 5. The minimum atomic E-state index is -1.38. The fourth-order valence-electron chi connectivity index (χ4n) is 2.88. The number of aliphatic carboxylic acids is 1. The van der Waals surface area contributed by atoms with Crippen molar-refractivity contribution in [1.82, 2.24) is 16.0 Å². The van der Waals surface area contributed by atoms with Gasteiger partial charge in [0.1, 0.15) is 18.1 Å². The molecule has 0 saturated carbocycles. The van der Waals surface area contributed by atoms with E-state index in [-0.39, 0.29) is 25.3 Å². The predicted octanol–water partition coefficient (Wildman–Crippen LogP) is -2.81. The lowest BCUT2D eigenvalue weighted by atomic mass is 10.0. The van der Waals surface area contributed by atoms with Crippen molar-refractivity contribution >= 4 is 47.3 Å². The highest BCUT2D eigenvalue weighted by atomic mass is 32.2. The number of nitrogens with two attached hydrogens (primary N) is 4. The molecule has 35 heavy (non-hydrogen) atoms. The molecule has 0 saturated heterocycles. The predicted molar refractivity (Wildman–Crippen MR) is 133 cm³/mol. The van der Waals surface area contributed by atoms with E-state index in [4.69, 9.17) is 22.9 Å². The molecule has 4 atom stereocenters. The van der Waals surface area contributed by atoms with Gasteiger partial charge in [-0.3, -0.25) is 24.2 Å². The van der Waals surface area contributed by atoms with Gasteiger partial charge < -0.3 is 44.0 Å². The number of carbonyl (C=O) groups excluding carboxylic acids is 4. The van der Waals surface area contributed by atoms with Crippen molar-refractivity contribution in [3.05, 3.63) is 0 Å². The zero-order valence-electron chi connectivity index (χ0n) is 20.3. The van der Waals surface area contributed by atoms with Gasteiger partial charge in [-0.15, -0.1) is 0 Å². The average Bonchev–Trinajstić information content (AvgIpc) is 2.75. The second-order valence-corrected chi connectivity index (χ2v) is 9.18. The van der Waals surface area contributed by atoms with Crippen molar-refractivity contribution in [2.75, 3.05) is 18.6 Å². The molecule has 4 unspecified atom stereocenters. The van der Waals surface area contributed by atoms with E-state index >= 15 is 0 Å². The molecule has 200 valence electrons. The van der Waals surface area contributed by atoms with Crippen molar-refractivity contribution in [3.8, 4) is 0 Å². The molecule has 0 bridgehead atoms. The maximum absolute atomic E-state index is 12.9. The molecule has 12 N–H and O–H groups in total. The van der Waals surface area contributed by atoms with Crippen LogP contribution in [0.1, 0.15) is 39.5 Å². The van der Waals surface area contributed by atoms with E-state index in [0.29, 0.717) is 12.2 Å². The van der Waals surface area contributed by atoms with Gasteiger partial charge in [-0.2, -0.15) is 11.8 Å². The number of primary amides is 1. The standard InChI is InChI=1S/C20H38N8O6S/c1-10(2)15(19(33)34)28-17(31)12(5-4-7-25-20(23)24)26-18(32)13(9-14(22)29)27-16(30)11(21)6-8-35-3/h10-13,15H,4-9,21H2,1-3H3,(H2,22,29)(H,26,32)(H,27,30)(H,28,31)(H,33,34)(H4,23,24,25). The number of thioether (sulfide) groups is 1. The summed E-state index contributed by atoms with van der Waals surface area (Å²) in [6.45, 7) is 3.38. The number of amides is 4. The third-order valence-corrected chi connectivity index (χ3v) is 5.46. The fourth-order valence-corrected chi connectivity index (χ4v) is 3.37. The molecule has 14 nitrogen and oxygen atoms in total. The summed E-state index contributed by atoms with van der Waals surface area (Å²) in [5.74, 6) is -4.33. The van der Waals surface area contributed by atoms with Crippen LogP contribution in [0.4, 0.5) is 0 Å². The first-order valence-corrected chi connectivity index (χ1v) is 12.4. The Bertz CT molecular complexity index is 775. The Morgan fingerprint density at radius 2 is 1.49 bits per heavy atom. The topological polar surface area (TPSA) is 258 Å². The van der Waals surface area contributed by atoms with Crippen LogP contribution in [-0.2, 0) is 24.0 Å². The Kier molecular flexibility index (Phi) is 15.1. The maximum Gasteiger partial charge on any atom is 0.326 e. The van der Waals surface area contributed by atoms with Gasteiger partial charge in [0, 0.05) is 6.54 Å². The molecule has 0 fully saturated rings. The lowest BCUT2D eigenvalue weighted by molar-refractivity contribution is -0.143. The summed E-state index contributed by atoms with van der Waals surface area (Å²) in [6.07, 6.45) is 1.98. The van der Waals surface area contributed by atoms with Crippen molar-refractivity contribution in [2.45, 2.75) is 63.7 Å². The molecule has 0 rings (SSSR count). The van der Waals surface area contributed by atoms with E-state index in [1.807, 2.05) is 6.26 Å². The molecule has 0 aromatic carbocycles. The number of nitrogens with one attached hydrogen (secondary N) is 3. The number of carboxylic acid groups (broad SMARTS) is 1. The number of hydrogen-bond acceptors (Lipinski definition) is 8. The molecule has 0 aliphatic heterocycles. The third kappa shape index (κ3) is 13.4. The van der Waals surface area contributed by atoms with Crippen LogP contribution in [0.15, 0.2) is 4.99 Å². The van der Waals surface area contributed by atoms with Gasteiger partial charge in [-0.05, 0) is 37.2 Å². The fraction of sp³-hybridized carbons (Fsp3) is 0.700. The van der Waals surface area contributed by atoms with Crippen LogP contribution in [0.3, 0.4) is 0 Å². The van der Waals surface area contributed by atoms with Crippen LogP contribution >= 0.6 is 11.8 Å². The number of rotatable bonds is 17. The van der Waals surface area contributed by atoms with Gasteiger partial charge in [-0.25, -0.2) is 4.79 Å². The Balaban J connectivity index is 5.59. The number of hydrogen-bond donors (Lipinski definition) is 8. The van der Waals surface area contributed by atoms with Crippen LogP contribution < -0.4 is 38.9 Å². The van der Waals surface area contributed by atoms with Gasteiger partial charge in [0.2, 0.25) is 23.6 Å². The summed E-state index contributed by atoms with van der Waals surface area (Å²) >= 11 is 1.49. The second-order valence-electron chi connectivity index (χ2n) is 8.20. The molecule has 0 spiro atoms. The monoisotopic (exact) mass is 518 g/mol.